The number of aromatic amines is 1. The second-order valence-corrected chi connectivity index (χ2v) is 5.91. The standard InChI is InChI=1S/C16H15ClFN7O3/c17-10-7-8(1-2-11(10)18)22-13(25-28)9-3-4-19-14-12(9)23-15(24-14)20-5-6-21-16(26)27/h1-4,7,21,28H,5-6H2,(H,22,25)(H,26,27)(H2,19,20,23,24). The van der Waals surface area contributed by atoms with Gasteiger partial charge in [-0.05, 0) is 24.3 Å². The van der Waals surface area contributed by atoms with Gasteiger partial charge in [-0.2, -0.15) is 4.98 Å². The minimum atomic E-state index is -1.12. The third-order valence-electron chi connectivity index (χ3n) is 3.62. The molecule has 146 valence electrons. The number of carboxylic acid groups (broad SMARTS) is 1. The highest BCUT2D eigenvalue weighted by Crippen LogP contribution is 2.22. The maximum Gasteiger partial charge on any atom is 0.404 e. The van der Waals surface area contributed by atoms with Crippen LogP contribution in [0.25, 0.3) is 11.2 Å². The molecule has 0 radical (unpaired) electrons. The normalized spacial score (nSPS) is 11.4. The van der Waals surface area contributed by atoms with Crippen LogP contribution in [0.3, 0.4) is 0 Å². The Morgan fingerprint density at radius 3 is 2.86 bits per heavy atom. The zero-order valence-corrected chi connectivity index (χ0v) is 15.0. The van der Waals surface area contributed by atoms with E-state index in [0.717, 1.165) is 0 Å². The Hall–Kier alpha value is -3.60. The zero-order chi connectivity index (χ0) is 20.1. The monoisotopic (exact) mass is 407 g/mol. The van der Waals surface area contributed by atoms with Crippen molar-refractivity contribution in [2.45, 2.75) is 0 Å². The number of carbonyl (C=O) groups is 1. The SMILES string of the molecule is O=C(O)NCCNc1nc2nccc(/C(=N\O)Nc3ccc(F)c(Cl)c3)c2[nH]1. The number of imidazole rings is 1. The van der Waals surface area contributed by atoms with E-state index < -0.39 is 11.9 Å². The van der Waals surface area contributed by atoms with Gasteiger partial charge in [0.25, 0.3) is 0 Å². The molecule has 28 heavy (non-hydrogen) atoms. The number of aromatic nitrogens is 3. The number of nitrogens with zero attached hydrogens (tertiary/aromatic N) is 3. The molecule has 3 rings (SSSR count). The van der Waals surface area contributed by atoms with Crippen LogP contribution < -0.4 is 16.0 Å². The Kier molecular flexibility index (Phi) is 5.75. The Bertz CT molecular complexity index is 1040. The Balaban J connectivity index is 1.82. The van der Waals surface area contributed by atoms with Crippen LogP contribution in [0.1, 0.15) is 5.56 Å². The van der Waals surface area contributed by atoms with Crippen molar-refractivity contribution >= 4 is 46.3 Å². The molecule has 1 aromatic carbocycles. The molecule has 0 spiro atoms. The quantitative estimate of drug-likeness (QED) is 0.121. The average Bonchev–Trinajstić information content (AvgIpc) is 3.09. The molecule has 12 heteroatoms. The molecule has 0 aliphatic heterocycles. The zero-order valence-electron chi connectivity index (χ0n) is 14.2. The van der Waals surface area contributed by atoms with Gasteiger partial charge in [0.05, 0.1) is 10.5 Å². The maximum absolute atomic E-state index is 13.3. The summed E-state index contributed by atoms with van der Waals surface area (Å²) in [5.41, 5.74) is 1.70. The van der Waals surface area contributed by atoms with Crippen LogP contribution in [0.4, 0.5) is 20.8 Å². The minimum Gasteiger partial charge on any atom is -0.465 e. The average molecular weight is 408 g/mol. The Labute approximate surface area is 162 Å². The number of anilines is 2. The molecule has 0 bridgehead atoms. The van der Waals surface area contributed by atoms with Crippen LogP contribution >= 0.6 is 11.6 Å². The van der Waals surface area contributed by atoms with Gasteiger partial charge in [0, 0.05) is 30.5 Å². The third kappa shape index (κ3) is 4.38. The fourth-order valence-corrected chi connectivity index (χ4v) is 2.58. The van der Waals surface area contributed by atoms with Crippen LogP contribution in [0.2, 0.25) is 5.02 Å². The molecule has 1 amide bonds. The summed E-state index contributed by atoms with van der Waals surface area (Å²) >= 11 is 5.77. The lowest BCUT2D eigenvalue weighted by atomic mass is 10.2. The van der Waals surface area contributed by atoms with E-state index in [2.05, 4.69) is 36.1 Å². The molecule has 0 aliphatic carbocycles. The van der Waals surface area contributed by atoms with E-state index in [1.165, 1.54) is 24.4 Å². The molecule has 10 nitrogen and oxygen atoms in total. The molecule has 2 aromatic heterocycles. The Morgan fingerprint density at radius 1 is 1.32 bits per heavy atom. The lowest BCUT2D eigenvalue weighted by Crippen LogP contribution is -2.27. The molecular formula is C16H15ClFN7O3. The highest BCUT2D eigenvalue weighted by Gasteiger charge is 2.14. The largest absolute Gasteiger partial charge is 0.465 e. The van der Waals surface area contributed by atoms with E-state index in [-0.39, 0.29) is 17.4 Å². The fourth-order valence-electron chi connectivity index (χ4n) is 2.40. The number of amides is 1. The number of benzene rings is 1. The van der Waals surface area contributed by atoms with Crippen molar-refractivity contribution in [1.82, 2.24) is 20.3 Å². The lowest BCUT2D eigenvalue weighted by Gasteiger charge is -2.09. The number of rotatable bonds is 6. The van der Waals surface area contributed by atoms with Crippen molar-refractivity contribution < 1.29 is 19.5 Å². The molecule has 0 atom stereocenters. The Morgan fingerprint density at radius 2 is 2.14 bits per heavy atom. The molecule has 3 aromatic rings. The van der Waals surface area contributed by atoms with Gasteiger partial charge in [-0.1, -0.05) is 16.8 Å². The number of H-pyrrole nitrogens is 1. The summed E-state index contributed by atoms with van der Waals surface area (Å²) in [7, 11) is 0. The first kappa shape index (κ1) is 19.2. The predicted molar refractivity (Wildman–Crippen MR) is 102 cm³/mol. The smallest absolute Gasteiger partial charge is 0.404 e. The number of halogens is 2. The van der Waals surface area contributed by atoms with Gasteiger partial charge >= 0.3 is 6.09 Å². The van der Waals surface area contributed by atoms with Gasteiger partial charge in [0.1, 0.15) is 5.82 Å². The molecule has 6 N–H and O–H groups in total. The summed E-state index contributed by atoms with van der Waals surface area (Å²) in [4.78, 5) is 21.8. The first-order valence-corrected chi connectivity index (χ1v) is 8.35. The molecule has 0 saturated heterocycles. The van der Waals surface area contributed by atoms with Crippen molar-refractivity contribution in [3.8, 4) is 0 Å². The van der Waals surface area contributed by atoms with Crippen molar-refractivity contribution in [2.24, 2.45) is 5.16 Å². The lowest BCUT2D eigenvalue weighted by molar-refractivity contribution is 0.195. The number of nitrogens with one attached hydrogen (secondary N) is 4. The predicted octanol–water partition coefficient (Wildman–Crippen LogP) is 2.68. The van der Waals surface area contributed by atoms with Crippen LogP contribution in [-0.2, 0) is 0 Å². The van der Waals surface area contributed by atoms with Crippen molar-refractivity contribution in [1.29, 1.82) is 0 Å². The molecule has 0 aliphatic rings. The van der Waals surface area contributed by atoms with E-state index in [9.17, 15) is 14.4 Å². The van der Waals surface area contributed by atoms with Crippen molar-refractivity contribution in [2.75, 3.05) is 23.7 Å². The number of oxime groups is 1. The summed E-state index contributed by atoms with van der Waals surface area (Å²) in [6.45, 7) is 0.484. The van der Waals surface area contributed by atoms with Crippen LogP contribution in [-0.4, -0.2) is 50.3 Å². The molecule has 0 fully saturated rings. The van der Waals surface area contributed by atoms with E-state index in [0.29, 0.717) is 34.9 Å². The first-order valence-electron chi connectivity index (χ1n) is 7.98. The van der Waals surface area contributed by atoms with E-state index in [1.54, 1.807) is 6.07 Å². The van der Waals surface area contributed by atoms with Crippen LogP contribution in [0.15, 0.2) is 35.6 Å². The highest BCUT2D eigenvalue weighted by atomic mass is 35.5. The molecule has 0 unspecified atom stereocenters. The third-order valence-corrected chi connectivity index (χ3v) is 3.91. The van der Waals surface area contributed by atoms with Gasteiger partial charge in [-0.3, -0.25) is 0 Å². The van der Waals surface area contributed by atoms with Gasteiger partial charge in [-0.15, -0.1) is 0 Å². The van der Waals surface area contributed by atoms with Gasteiger partial charge < -0.3 is 31.2 Å². The summed E-state index contributed by atoms with van der Waals surface area (Å²) in [6.07, 6.45) is 0.366. The van der Waals surface area contributed by atoms with Gasteiger partial charge in [0.2, 0.25) is 5.95 Å². The second kappa shape index (κ2) is 8.39. The summed E-state index contributed by atoms with van der Waals surface area (Å²) in [5.74, 6) is -0.134. The summed E-state index contributed by atoms with van der Waals surface area (Å²) in [5, 5.41) is 29.2. The topological polar surface area (TPSA) is 148 Å². The van der Waals surface area contributed by atoms with E-state index in [4.69, 9.17) is 16.7 Å². The number of pyridine rings is 1. The number of hydrogen-bond donors (Lipinski definition) is 6. The first-order chi connectivity index (χ1) is 13.5. The highest BCUT2D eigenvalue weighted by molar-refractivity contribution is 6.31. The number of amidine groups is 1. The van der Waals surface area contributed by atoms with Gasteiger partial charge in [-0.25, -0.2) is 14.2 Å². The van der Waals surface area contributed by atoms with Crippen molar-refractivity contribution in [3.05, 3.63) is 46.9 Å². The molecular weight excluding hydrogens is 393 g/mol. The van der Waals surface area contributed by atoms with E-state index >= 15 is 0 Å². The number of fused-ring (bicyclic) bond motifs is 1. The van der Waals surface area contributed by atoms with Crippen LogP contribution in [0.5, 0.6) is 0 Å². The summed E-state index contributed by atoms with van der Waals surface area (Å²) < 4.78 is 13.3. The summed E-state index contributed by atoms with van der Waals surface area (Å²) in [6, 6.07) is 5.59. The maximum atomic E-state index is 13.3. The van der Waals surface area contributed by atoms with Gasteiger partial charge in [0.15, 0.2) is 11.5 Å². The minimum absolute atomic E-state index is 0.0674. The second-order valence-electron chi connectivity index (χ2n) is 5.50. The number of hydrogen-bond acceptors (Lipinski definition) is 6. The fraction of sp³-hybridized carbons (Fsp3) is 0.125. The van der Waals surface area contributed by atoms with Crippen molar-refractivity contribution in [3.63, 3.8) is 0 Å². The van der Waals surface area contributed by atoms with Crippen LogP contribution in [0, 0.1) is 5.82 Å². The molecule has 0 saturated carbocycles. The van der Waals surface area contributed by atoms with E-state index in [1.807, 2.05) is 0 Å². The molecule has 2 heterocycles.